The predicted octanol–water partition coefficient (Wildman–Crippen LogP) is 1.53. The molecule has 0 radical (unpaired) electrons. The van der Waals surface area contributed by atoms with E-state index in [-0.39, 0.29) is 0 Å². The van der Waals surface area contributed by atoms with Gasteiger partial charge in [-0.2, -0.15) is 0 Å². The van der Waals surface area contributed by atoms with Gasteiger partial charge in [0.15, 0.2) is 6.29 Å². The molecular weight excluding hydrogens is 140 g/mol. The van der Waals surface area contributed by atoms with Crippen molar-refractivity contribution in [2.45, 2.75) is 38.4 Å². The minimum atomic E-state index is -0.446. The molecule has 1 aliphatic heterocycles. The highest BCUT2D eigenvalue weighted by Crippen LogP contribution is 2.36. The molecule has 2 nitrogen and oxygen atoms in total. The third kappa shape index (κ3) is 1.42. The van der Waals surface area contributed by atoms with Crippen LogP contribution in [0.25, 0.3) is 0 Å². The Morgan fingerprint density at radius 3 is 2.82 bits per heavy atom. The van der Waals surface area contributed by atoms with E-state index in [1.165, 1.54) is 32.1 Å². The van der Waals surface area contributed by atoms with E-state index in [4.69, 9.17) is 4.74 Å². The average molecular weight is 156 g/mol. The molecule has 1 saturated carbocycles. The van der Waals surface area contributed by atoms with Crippen LogP contribution in [0.4, 0.5) is 0 Å². The Balaban J connectivity index is 2.00. The lowest BCUT2D eigenvalue weighted by molar-refractivity contribution is -0.0836. The molecule has 1 N–H and O–H groups in total. The van der Waals surface area contributed by atoms with E-state index in [0.29, 0.717) is 11.8 Å². The summed E-state index contributed by atoms with van der Waals surface area (Å²) in [5.74, 6) is 1.12. The first-order valence-electron chi connectivity index (χ1n) is 4.67. The lowest BCUT2D eigenvalue weighted by Gasteiger charge is -2.15. The molecule has 2 aliphatic rings. The Hall–Kier alpha value is -0.0800. The van der Waals surface area contributed by atoms with Crippen molar-refractivity contribution < 1.29 is 9.84 Å². The number of aliphatic hydroxyl groups is 1. The summed E-state index contributed by atoms with van der Waals surface area (Å²) in [6.45, 7) is 0.797. The third-order valence-electron chi connectivity index (χ3n) is 3.07. The van der Waals surface area contributed by atoms with Gasteiger partial charge in [0.05, 0.1) is 6.61 Å². The van der Waals surface area contributed by atoms with Crippen LogP contribution in [0.1, 0.15) is 32.1 Å². The molecule has 1 heterocycles. The van der Waals surface area contributed by atoms with Crippen LogP contribution in [0.2, 0.25) is 0 Å². The highest BCUT2D eigenvalue weighted by atomic mass is 16.6. The maximum atomic E-state index is 9.43. The van der Waals surface area contributed by atoms with Crippen LogP contribution in [0.15, 0.2) is 0 Å². The normalized spacial score (nSPS) is 45.0. The first kappa shape index (κ1) is 7.56. The number of hydrogen-bond acceptors (Lipinski definition) is 2. The van der Waals surface area contributed by atoms with E-state index in [1.54, 1.807) is 0 Å². The summed E-state index contributed by atoms with van der Waals surface area (Å²) in [5, 5.41) is 9.43. The van der Waals surface area contributed by atoms with Crippen molar-refractivity contribution in [2.24, 2.45) is 11.8 Å². The summed E-state index contributed by atoms with van der Waals surface area (Å²) < 4.78 is 5.21. The Morgan fingerprint density at radius 1 is 1.09 bits per heavy atom. The molecule has 0 bridgehead atoms. The molecule has 1 saturated heterocycles. The zero-order valence-corrected chi connectivity index (χ0v) is 6.83. The van der Waals surface area contributed by atoms with Gasteiger partial charge in [0.2, 0.25) is 0 Å². The SMILES string of the molecule is OC1OC[C@@H]2CCCCC[C@H]12. The van der Waals surface area contributed by atoms with Crippen LogP contribution in [-0.2, 0) is 4.74 Å². The van der Waals surface area contributed by atoms with E-state index >= 15 is 0 Å². The predicted molar refractivity (Wildman–Crippen MR) is 42.0 cm³/mol. The summed E-state index contributed by atoms with van der Waals surface area (Å²) in [4.78, 5) is 0. The number of fused-ring (bicyclic) bond motifs is 1. The lowest BCUT2D eigenvalue weighted by Crippen LogP contribution is -2.18. The average Bonchev–Trinajstić information content (AvgIpc) is 2.25. The molecule has 0 spiro atoms. The molecule has 0 aromatic heterocycles. The molecule has 0 aromatic carbocycles. The Kier molecular flexibility index (Phi) is 2.14. The van der Waals surface area contributed by atoms with Crippen LogP contribution < -0.4 is 0 Å². The first-order chi connectivity index (χ1) is 5.38. The molecule has 1 aliphatic carbocycles. The zero-order valence-electron chi connectivity index (χ0n) is 6.83. The minimum Gasteiger partial charge on any atom is -0.368 e. The summed E-state index contributed by atoms with van der Waals surface area (Å²) in [7, 11) is 0. The Morgan fingerprint density at radius 2 is 1.91 bits per heavy atom. The molecule has 64 valence electrons. The second kappa shape index (κ2) is 3.11. The summed E-state index contributed by atoms with van der Waals surface area (Å²) in [6, 6.07) is 0. The van der Waals surface area contributed by atoms with Crippen LogP contribution >= 0.6 is 0 Å². The fourth-order valence-corrected chi connectivity index (χ4v) is 2.34. The fraction of sp³-hybridized carbons (Fsp3) is 1.00. The first-order valence-corrected chi connectivity index (χ1v) is 4.67. The van der Waals surface area contributed by atoms with E-state index in [9.17, 15) is 5.11 Å². The smallest absolute Gasteiger partial charge is 0.157 e. The highest BCUT2D eigenvalue weighted by molar-refractivity contribution is 4.80. The number of aliphatic hydroxyl groups excluding tert-OH is 1. The molecule has 3 atom stereocenters. The highest BCUT2D eigenvalue weighted by Gasteiger charge is 2.36. The molecule has 11 heavy (non-hydrogen) atoms. The van der Waals surface area contributed by atoms with Crippen molar-refractivity contribution >= 4 is 0 Å². The second-order valence-electron chi connectivity index (χ2n) is 3.79. The Bertz CT molecular complexity index is 136. The van der Waals surface area contributed by atoms with Crippen molar-refractivity contribution in [2.75, 3.05) is 6.61 Å². The van der Waals surface area contributed by atoms with E-state index in [2.05, 4.69) is 0 Å². The topological polar surface area (TPSA) is 29.5 Å². The van der Waals surface area contributed by atoms with E-state index < -0.39 is 6.29 Å². The van der Waals surface area contributed by atoms with Crippen LogP contribution in [-0.4, -0.2) is 18.0 Å². The van der Waals surface area contributed by atoms with Gasteiger partial charge in [0, 0.05) is 5.92 Å². The molecule has 1 unspecified atom stereocenters. The van der Waals surface area contributed by atoms with Crippen molar-refractivity contribution in [1.29, 1.82) is 0 Å². The van der Waals surface area contributed by atoms with Crippen LogP contribution in [0.5, 0.6) is 0 Å². The van der Waals surface area contributed by atoms with Gasteiger partial charge in [-0.05, 0) is 18.8 Å². The number of rotatable bonds is 0. The van der Waals surface area contributed by atoms with E-state index in [0.717, 1.165) is 6.61 Å². The Labute approximate surface area is 67.6 Å². The minimum absolute atomic E-state index is 0.446. The second-order valence-corrected chi connectivity index (χ2v) is 3.79. The molecule has 2 rings (SSSR count). The summed E-state index contributed by atoms with van der Waals surface area (Å²) in [6.07, 6.45) is 5.95. The van der Waals surface area contributed by atoms with E-state index in [1.807, 2.05) is 0 Å². The largest absolute Gasteiger partial charge is 0.368 e. The standard InChI is InChI=1S/C9H16O2/c10-9-8-5-3-1-2-4-7(8)6-11-9/h7-10H,1-6H2/t7-,8-,9?/m0/s1. The van der Waals surface area contributed by atoms with Gasteiger partial charge < -0.3 is 9.84 Å². The van der Waals surface area contributed by atoms with Crippen molar-refractivity contribution in [3.05, 3.63) is 0 Å². The quantitative estimate of drug-likeness (QED) is 0.576. The molecular formula is C9H16O2. The van der Waals surface area contributed by atoms with Crippen molar-refractivity contribution in [3.8, 4) is 0 Å². The molecule has 2 heteroatoms. The summed E-state index contributed by atoms with van der Waals surface area (Å²) >= 11 is 0. The molecule has 0 amide bonds. The van der Waals surface area contributed by atoms with Crippen LogP contribution in [0.3, 0.4) is 0 Å². The van der Waals surface area contributed by atoms with Gasteiger partial charge in [-0.1, -0.05) is 19.3 Å². The maximum Gasteiger partial charge on any atom is 0.157 e. The van der Waals surface area contributed by atoms with Gasteiger partial charge in [-0.15, -0.1) is 0 Å². The zero-order chi connectivity index (χ0) is 7.68. The van der Waals surface area contributed by atoms with Gasteiger partial charge in [0.1, 0.15) is 0 Å². The number of ether oxygens (including phenoxy) is 1. The van der Waals surface area contributed by atoms with Gasteiger partial charge in [-0.3, -0.25) is 0 Å². The fourth-order valence-electron chi connectivity index (χ4n) is 2.34. The van der Waals surface area contributed by atoms with Crippen molar-refractivity contribution in [1.82, 2.24) is 0 Å². The molecule has 0 aromatic rings. The third-order valence-corrected chi connectivity index (χ3v) is 3.07. The maximum absolute atomic E-state index is 9.43. The monoisotopic (exact) mass is 156 g/mol. The van der Waals surface area contributed by atoms with Gasteiger partial charge in [-0.25, -0.2) is 0 Å². The van der Waals surface area contributed by atoms with Crippen molar-refractivity contribution in [3.63, 3.8) is 0 Å². The van der Waals surface area contributed by atoms with Gasteiger partial charge >= 0.3 is 0 Å². The molecule has 2 fully saturated rings. The summed E-state index contributed by atoms with van der Waals surface area (Å²) in [5.41, 5.74) is 0. The lowest BCUT2D eigenvalue weighted by atomic mass is 9.90. The number of hydrogen-bond donors (Lipinski definition) is 1. The van der Waals surface area contributed by atoms with Crippen LogP contribution in [0, 0.1) is 11.8 Å². The van der Waals surface area contributed by atoms with Gasteiger partial charge in [0.25, 0.3) is 0 Å².